The van der Waals surface area contributed by atoms with Crippen molar-refractivity contribution >= 4 is 17.5 Å². The predicted molar refractivity (Wildman–Crippen MR) is 102 cm³/mol. The van der Waals surface area contributed by atoms with Crippen molar-refractivity contribution < 1.29 is 9.59 Å². The molecular formula is C21H30N2O2. The average Bonchev–Trinajstić information content (AvgIpc) is 2.88. The zero-order valence-corrected chi connectivity index (χ0v) is 15.3. The minimum Gasteiger partial charge on any atom is -0.351 e. The van der Waals surface area contributed by atoms with Crippen LogP contribution in [-0.4, -0.2) is 23.3 Å². The lowest BCUT2D eigenvalue weighted by Gasteiger charge is -2.15. The van der Waals surface area contributed by atoms with Crippen molar-refractivity contribution in [3.8, 4) is 0 Å². The van der Waals surface area contributed by atoms with Gasteiger partial charge in [-0.25, -0.2) is 0 Å². The summed E-state index contributed by atoms with van der Waals surface area (Å²) in [5, 5.41) is 3.04. The van der Waals surface area contributed by atoms with E-state index in [2.05, 4.69) is 12.2 Å². The molecule has 0 atom stereocenters. The van der Waals surface area contributed by atoms with E-state index in [-0.39, 0.29) is 11.8 Å². The third-order valence-corrected chi connectivity index (χ3v) is 4.55. The first-order valence-electron chi connectivity index (χ1n) is 9.62. The van der Waals surface area contributed by atoms with Crippen LogP contribution in [0.4, 0.5) is 5.69 Å². The van der Waals surface area contributed by atoms with Gasteiger partial charge in [-0.3, -0.25) is 14.5 Å². The summed E-state index contributed by atoms with van der Waals surface area (Å²) in [5.41, 5.74) is 1.19. The molecule has 0 saturated heterocycles. The van der Waals surface area contributed by atoms with Gasteiger partial charge in [-0.2, -0.15) is 0 Å². The molecule has 1 N–H and O–H groups in total. The maximum Gasteiger partial charge on any atom is 0.277 e. The van der Waals surface area contributed by atoms with Crippen LogP contribution < -0.4 is 5.32 Å². The lowest BCUT2D eigenvalue weighted by Crippen LogP contribution is -2.33. The van der Waals surface area contributed by atoms with E-state index in [1.807, 2.05) is 30.3 Å². The second-order valence-electron chi connectivity index (χ2n) is 6.67. The van der Waals surface area contributed by atoms with Gasteiger partial charge in [0.2, 0.25) is 0 Å². The van der Waals surface area contributed by atoms with Crippen LogP contribution in [0.2, 0.25) is 0 Å². The Morgan fingerprint density at radius 3 is 2.08 bits per heavy atom. The van der Waals surface area contributed by atoms with Gasteiger partial charge in [-0.1, -0.05) is 76.5 Å². The molecule has 1 aliphatic heterocycles. The van der Waals surface area contributed by atoms with E-state index in [0.717, 1.165) is 18.5 Å². The largest absolute Gasteiger partial charge is 0.351 e. The minimum absolute atomic E-state index is 0.206. The van der Waals surface area contributed by atoms with Gasteiger partial charge >= 0.3 is 0 Å². The molecular weight excluding hydrogens is 312 g/mol. The van der Waals surface area contributed by atoms with Gasteiger partial charge in [-0.15, -0.1) is 0 Å². The molecule has 1 heterocycles. The number of nitrogens with one attached hydrogen (secondary N) is 1. The molecule has 2 amide bonds. The number of anilines is 1. The second-order valence-corrected chi connectivity index (χ2v) is 6.67. The van der Waals surface area contributed by atoms with Crippen molar-refractivity contribution in [2.45, 2.75) is 64.7 Å². The first kappa shape index (κ1) is 19.2. The summed E-state index contributed by atoms with van der Waals surface area (Å²) in [4.78, 5) is 25.8. The summed E-state index contributed by atoms with van der Waals surface area (Å²) in [6.45, 7) is 2.75. The van der Waals surface area contributed by atoms with Crippen molar-refractivity contribution in [2.75, 3.05) is 11.9 Å². The molecule has 0 bridgehead atoms. The third kappa shape index (κ3) is 6.37. The van der Waals surface area contributed by atoms with Crippen molar-refractivity contribution in [3.05, 3.63) is 42.1 Å². The Hall–Kier alpha value is -2.10. The standard InChI is InChI=1S/C21H30N2O2/c1-2-3-4-5-6-7-8-9-13-16-23-20(24)17-19(21(23)25)22-18-14-11-10-12-15-18/h10-12,14-15,17,22H,2-9,13,16H2,1H3. The number of amides is 2. The lowest BCUT2D eigenvalue weighted by atomic mass is 10.1. The number of carbonyl (C=O) groups excluding carboxylic acids is 2. The first-order valence-corrected chi connectivity index (χ1v) is 9.62. The van der Waals surface area contributed by atoms with Crippen LogP contribution in [-0.2, 0) is 9.59 Å². The molecule has 25 heavy (non-hydrogen) atoms. The van der Waals surface area contributed by atoms with E-state index >= 15 is 0 Å². The summed E-state index contributed by atoms with van der Waals surface area (Å²) in [6.07, 6.45) is 12.4. The average molecular weight is 342 g/mol. The number of imide groups is 1. The maximum atomic E-state index is 12.4. The molecule has 0 aromatic heterocycles. The van der Waals surface area contributed by atoms with Gasteiger partial charge in [0.05, 0.1) is 0 Å². The van der Waals surface area contributed by atoms with Crippen molar-refractivity contribution in [3.63, 3.8) is 0 Å². The second kappa shape index (κ2) is 10.7. The maximum absolute atomic E-state index is 12.4. The Morgan fingerprint density at radius 2 is 1.44 bits per heavy atom. The zero-order valence-electron chi connectivity index (χ0n) is 15.3. The SMILES string of the molecule is CCCCCCCCCCCN1C(=O)C=C(Nc2ccccc2)C1=O. The molecule has 2 rings (SSSR count). The Bertz CT molecular complexity index is 581. The molecule has 136 valence electrons. The highest BCUT2D eigenvalue weighted by Crippen LogP contribution is 2.18. The molecule has 0 fully saturated rings. The first-order chi connectivity index (χ1) is 12.2. The summed E-state index contributed by atoms with van der Waals surface area (Å²) >= 11 is 0. The molecule has 0 unspecified atom stereocenters. The normalized spacial score (nSPS) is 14.1. The fraction of sp³-hybridized carbons (Fsp3) is 0.524. The lowest BCUT2D eigenvalue weighted by molar-refractivity contribution is -0.137. The molecule has 0 saturated carbocycles. The molecule has 1 aromatic rings. The highest BCUT2D eigenvalue weighted by Gasteiger charge is 2.30. The molecule has 1 aromatic carbocycles. The molecule has 4 heteroatoms. The van der Waals surface area contributed by atoms with Crippen molar-refractivity contribution in [1.29, 1.82) is 0 Å². The number of hydrogen-bond acceptors (Lipinski definition) is 3. The number of unbranched alkanes of at least 4 members (excludes halogenated alkanes) is 8. The number of nitrogens with zero attached hydrogens (tertiary/aromatic N) is 1. The van der Waals surface area contributed by atoms with Crippen LogP contribution in [0.1, 0.15) is 64.7 Å². The summed E-state index contributed by atoms with van der Waals surface area (Å²) in [6, 6.07) is 9.45. The van der Waals surface area contributed by atoms with Gasteiger partial charge in [0.1, 0.15) is 5.70 Å². The highest BCUT2D eigenvalue weighted by atomic mass is 16.2. The molecule has 0 spiro atoms. The Labute approximate surface area is 151 Å². The quantitative estimate of drug-likeness (QED) is 0.435. The number of benzene rings is 1. The van der Waals surface area contributed by atoms with E-state index in [1.54, 1.807) is 0 Å². The topological polar surface area (TPSA) is 49.4 Å². The zero-order chi connectivity index (χ0) is 17.9. The van der Waals surface area contributed by atoms with Gasteiger partial charge in [-0.05, 0) is 18.6 Å². The molecule has 0 aliphatic carbocycles. The molecule has 0 radical (unpaired) electrons. The van der Waals surface area contributed by atoms with Crippen molar-refractivity contribution in [1.82, 2.24) is 4.90 Å². The van der Waals surface area contributed by atoms with Crippen LogP contribution in [0.5, 0.6) is 0 Å². The number of para-hydroxylation sites is 1. The van der Waals surface area contributed by atoms with Gasteiger partial charge in [0, 0.05) is 18.3 Å². The van der Waals surface area contributed by atoms with Gasteiger partial charge in [0.25, 0.3) is 11.8 Å². The number of rotatable bonds is 12. The summed E-state index contributed by atoms with van der Waals surface area (Å²) in [5.74, 6) is -0.420. The Morgan fingerprint density at radius 1 is 0.840 bits per heavy atom. The minimum atomic E-state index is -0.214. The van der Waals surface area contributed by atoms with E-state index in [1.165, 1.54) is 55.9 Å². The van der Waals surface area contributed by atoms with E-state index in [4.69, 9.17) is 0 Å². The Kier molecular flexibility index (Phi) is 8.23. The fourth-order valence-corrected chi connectivity index (χ4v) is 3.07. The van der Waals surface area contributed by atoms with E-state index < -0.39 is 0 Å². The van der Waals surface area contributed by atoms with E-state index in [9.17, 15) is 9.59 Å². The number of carbonyl (C=O) groups is 2. The number of hydrogen-bond donors (Lipinski definition) is 1. The third-order valence-electron chi connectivity index (χ3n) is 4.55. The predicted octanol–water partition coefficient (Wildman–Crippen LogP) is 4.88. The van der Waals surface area contributed by atoms with Gasteiger partial charge < -0.3 is 5.32 Å². The monoisotopic (exact) mass is 342 g/mol. The van der Waals surface area contributed by atoms with Crippen molar-refractivity contribution in [2.24, 2.45) is 0 Å². The van der Waals surface area contributed by atoms with Crippen LogP contribution in [0.25, 0.3) is 0 Å². The van der Waals surface area contributed by atoms with Crippen LogP contribution in [0.15, 0.2) is 42.1 Å². The van der Waals surface area contributed by atoms with Gasteiger partial charge in [0.15, 0.2) is 0 Å². The highest BCUT2D eigenvalue weighted by molar-refractivity contribution is 6.17. The molecule has 4 nitrogen and oxygen atoms in total. The summed E-state index contributed by atoms with van der Waals surface area (Å²) in [7, 11) is 0. The summed E-state index contributed by atoms with van der Waals surface area (Å²) < 4.78 is 0. The fourth-order valence-electron chi connectivity index (χ4n) is 3.07. The van der Waals surface area contributed by atoms with E-state index in [0.29, 0.717) is 12.2 Å². The molecule has 1 aliphatic rings. The van der Waals surface area contributed by atoms with Crippen LogP contribution >= 0.6 is 0 Å². The Balaban J connectivity index is 1.63. The van der Waals surface area contributed by atoms with Crippen LogP contribution in [0.3, 0.4) is 0 Å². The van der Waals surface area contributed by atoms with Crippen LogP contribution in [0, 0.1) is 0 Å². The smallest absolute Gasteiger partial charge is 0.277 e.